The Morgan fingerprint density at radius 1 is 1.20 bits per heavy atom. The molecule has 0 radical (unpaired) electrons. The highest BCUT2D eigenvalue weighted by Gasteiger charge is 2.24. The minimum atomic E-state index is -3.49. The van der Waals surface area contributed by atoms with Gasteiger partial charge in [-0.1, -0.05) is 0 Å². The fourth-order valence-corrected chi connectivity index (χ4v) is 2.60. The molecule has 0 fully saturated rings. The molecule has 0 atom stereocenters. The maximum absolute atomic E-state index is 12.2. The van der Waals surface area contributed by atoms with Crippen molar-refractivity contribution >= 4 is 10.0 Å². The van der Waals surface area contributed by atoms with Gasteiger partial charge in [-0.3, -0.25) is 0 Å². The predicted molar refractivity (Wildman–Crippen MR) is 80.6 cm³/mol. The van der Waals surface area contributed by atoms with Crippen molar-refractivity contribution in [2.75, 3.05) is 27.2 Å². The maximum atomic E-state index is 12.2. The molecule has 1 aromatic rings. The monoisotopic (exact) mass is 300 g/mol. The zero-order valence-electron chi connectivity index (χ0n) is 12.8. The molecule has 114 valence electrons. The van der Waals surface area contributed by atoms with Crippen molar-refractivity contribution in [2.24, 2.45) is 0 Å². The van der Waals surface area contributed by atoms with Crippen LogP contribution in [0.3, 0.4) is 0 Å². The van der Waals surface area contributed by atoms with Crippen LogP contribution in [0.1, 0.15) is 20.8 Å². The summed E-state index contributed by atoms with van der Waals surface area (Å²) in [6, 6.07) is 6.43. The van der Waals surface area contributed by atoms with E-state index in [-0.39, 0.29) is 10.4 Å². The van der Waals surface area contributed by atoms with E-state index in [4.69, 9.17) is 4.74 Å². The van der Waals surface area contributed by atoms with E-state index < -0.39 is 10.0 Å². The van der Waals surface area contributed by atoms with Gasteiger partial charge in [-0.25, -0.2) is 13.1 Å². The lowest BCUT2D eigenvalue weighted by Crippen LogP contribution is -2.48. The number of benzene rings is 1. The minimum Gasteiger partial charge on any atom is -0.494 e. The maximum Gasteiger partial charge on any atom is 0.240 e. The molecule has 0 aromatic heterocycles. The molecule has 20 heavy (non-hydrogen) atoms. The lowest BCUT2D eigenvalue weighted by molar-refractivity contribution is 0.199. The highest BCUT2D eigenvalue weighted by Crippen LogP contribution is 2.17. The normalized spacial score (nSPS) is 12.7. The van der Waals surface area contributed by atoms with Gasteiger partial charge in [0.25, 0.3) is 0 Å². The van der Waals surface area contributed by atoms with Crippen LogP contribution in [0.2, 0.25) is 0 Å². The van der Waals surface area contributed by atoms with Crippen molar-refractivity contribution in [3.63, 3.8) is 0 Å². The third-order valence-electron chi connectivity index (χ3n) is 3.35. The number of hydrogen-bond acceptors (Lipinski definition) is 4. The van der Waals surface area contributed by atoms with Gasteiger partial charge in [0.2, 0.25) is 10.0 Å². The topological polar surface area (TPSA) is 58.6 Å². The van der Waals surface area contributed by atoms with E-state index in [0.717, 1.165) is 0 Å². The van der Waals surface area contributed by atoms with Gasteiger partial charge in [0.05, 0.1) is 11.5 Å². The second-order valence-electron chi connectivity index (χ2n) is 5.44. The van der Waals surface area contributed by atoms with Crippen molar-refractivity contribution in [3.8, 4) is 5.75 Å². The Bertz CT molecular complexity index is 522. The zero-order chi connectivity index (χ0) is 15.4. The molecule has 0 spiro atoms. The quantitative estimate of drug-likeness (QED) is 0.833. The summed E-state index contributed by atoms with van der Waals surface area (Å²) in [6.07, 6.45) is 0. The molecule has 1 rings (SSSR count). The van der Waals surface area contributed by atoms with Gasteiger partial charge in [0, 0.05) is 12.1 Å². The molecule has 0 saturated carbocycles. The number of likely N-dealkylation sites (N-methyl/N-ethyl adjacent to an activating group) is 1. The molecule has 0 aliphatic rings. The Balaban J connectivity index is 2.79. The van der Waals surface area contributed by atoms with Crippen LogP contribution in [0.25, 0.3) is 0 Å². The Morgan fingerprint density at radius 3 is 2.20 bits per heavy atom. The summed E-state index contributed by atoms with van der Waals surface area (Å²) in [7, 11) is 0.353. The van der Waals surface area contributed by atoms with Gasteiger partial charge >= 0.3 is 0 Å². The number of nitrogens with one attached hydrogen (secondary N) is 1. The molecule has 1 N–H and O–H groups in total. The molecule has 5 nitrogen and oxygen atoms in total. The molecule has 0 saturated heterocycles. The Labute approximate surface area is 122 Å². The number of hydrogen-bond donors (Lipinski definition) is 1. The average molecular weight is 300 g/mol. The number of rotatable bonds is 7. The SMILES string of the molecule is CCOc1ccc(S(=O)(=O)NCC(C)(C)N(C)C)cc1. The van der Waals surface area contributed by atoms with Crippen LogP contribution in [0.5, 0.6) is 5.75 Å². The van der Waals surface area contributed by atoms with Crippen LogP contribution < -0.4 is 9.46 Å². The smallest absolute Gasteiger partial charge is 0.240 e. The van der Waals surface area contributed by atoms with Gasteiger partial charge in [0.15, 0.2) is 0 Å². The third kappa shape index (κ3) is 4.47. The largest absolute Gasteiger partial charge is 0.494 e. The Morgan fingerprint density at radius 2 is 1.75 bits per heavy atom. The van der Waals surface area contributed by atoms with E-state index in [2.05, 4.69) is 4.72 Å². The van der Waals surface area contributed by atoms with Crippen LogP contribution in [0.4, 0.5) is 0 Å². The minimum absolute atomic E-state index is 0.246. The number of nitrogens with zero attached hydrogens (tertiary/aromatic N) is 1. The summed E-state index contributed by atoms with van der Waals surface area (Å²) in [6.45, 7) is 6.74. The van der Waals surface area contributed by atoms with Crippen LogP contribution >= 0.6 is 0 Å². The predicted octanol–water partition coefficient (Wildman–Crippen LogP) is 1.70. The van der Waals surface area contributed by atoms with Crippen LogP contribution in [0, 0.1) is 0 Å². The van der Waals surface area contributed by atoms with Crippen molar-refractivity contribution in [1.82, 2.24) is 9.62 Å². The van der Waals surface area contributed by atoms with Gasteiger partial charge in [-0.2, -0.15) is 0 Å². The first-order valence-corrected chi connectivity index (χ1v) is 8.07. The van der Waals surface area contributed by atoms with E-state index in [1.54, 1.807) is 24.3 Å². The summed E-state index contributed by atoms with van der Waals surface area (Å²) in [5, 5.41) is 0. The zero-order valence-corrected chi connectivity index (χ0v) is 13.6. The first-order chi connectivity index (χ1) is 9.19. The van der Waals surface area contributed by atoms with E-state index in [9.17, 15) is 8.42 Å². The number of sulfonamides is 1. The standard InChI is InChI=1S/C14H24N2O3S/c1-6-19-12-7-9-13(10-8-12)20(17,18)15-11-14(2,3)16(4)5/h7-10,15H,6,11H2,1-5H3. The summed E-state index contributed by atoms with van der Waals surface area (Å²) in [5.74, 6) is 0.667. The lowest BCUT2D eigenvalue weighted by Gasteiger charge is -2.32. The summed E-state index contributed by atoms with van der Waals surface area (Å²) in [4.78, 5) is 2.23. The van der Waals surface area contributed by atoms with Gasteiger partial charge < -0.3 is 9.64 Å². The summed E-state index contributed by atoms with van der Waals surface area (Å²) < 4.78 is 32.3. The van der Waals surface area contributed by atoms with E-state index in [1.165, 1.54) is 0 Å². The van der Waals surface area contributed by atoms with Gasteiger partial charge in [0.1, 0.15) is 5.75 Å². The Hall–Kier alpha value is -1.11. The fourth-order valence-electron chi connectivity index (χ4n) is 1.39. The first kappa shape index (κ1) is 16.9. The molecular weight excluding hydrogens is 276 g/mol. The second kappa shape index (κ2) is 6.56. The van der Waals surface area contributed by atoms with Crippen molar-refractivity contribution in [1.29, 1.82) is 0 Å². The van der Waals surface area contributed by atoms with E-state index in [1.807, 2.05) is 39.8 Å². The number of ether oxygens (including phenoxy) is 1. The molecule has 0 unspecified atom stereocenters. The van der Waals surface area contributed by atoms with Crippen LogP contribution in [0.15, 0.2) is 29.2 Å². The Kier molecular flexibility index (Phi) is 5.56. The molecule has 0 aliphatic carbocycles. The van der Waals surface area contributed by atoms with Crippen LogP contribution in [-0.2, 0) is 10.0 Å². The molecular formula is C14H24N2O3S. The first-order valence-electron chi connectivity index (χ1n) is 6.59. The molecule has 0 amide bonds. The molecule has 0 heterocycles. The van der Waals surface area contributed by atoms with E-state index >= 15 is 0 Å². The van der Waals surface area contributed by atoms with Crippen molar-refractivity contribution in [3.05, 3.63) is 24.3 Å². The highest BCUT2D eigenvalue weighted by atomic mass is 32.2. The van der Waals surface area contributed by atoms with Crippen LogP contribution in [-0.4, -0.2) is 46.1 Å². The molecule has 0 aliphatic heterocycles. The summed E-state index contributed by atoms with van der Waals surface area (Å²) in [5.41, 5.74) is -0.252. The summed E-state index contributed by atoms with van der Waals surface area (Å²) >= 11 is 0. The lowest BCUT2D eigenvalue weighted by atomic mass is 10.1. The third-order valence-corrected chi connectivity index (χ3v) is 4.77. The molecule has 0 bridgehead atoms. The molecule has 6 heteroatoms. The highest BCUT2D eigenvalue weighted by molar-refractivity contribution is 7.89. The van der Waals surface area contributed by atoms with Gasteiger partial charge in [-0.05, 0) is 59.1 Å². The van der Waals surface area contributed by atoms with Crippen molar-refractivity contribution in [2.45, 2.75) is 31.2 Å². The van der Waals surface area contributed by atoms with Crippen molar-refractivity contribution < 1.29 is 13.2 Å². The molecule has 1 aromatic carbocycles. The van der Waals surface area contributed by atoms with Gasteiger partial charge in [-0.15, -0.1) is 0 Å². The second-order valence-corrected chi connectivity index (χ2v) is 7.20. The van der Waals surface area contributed by atoms with E-state index in [0.29, 0.717) is 18.9 Å². The fraction of sp³-hybridized carbons (Fsp3) is 0.571. The average Bonchev–Trinajstić information content (AvgIpc) is 2.38.